The largest absolute Gasteiger partial charge is 0.503 e. The van der Waals surface area contributed by atoms with Crippen molar-refractivity contribution in [3.63, 3.8) is 0 Å². The smallest absolute Gasteiger partial charge is 0.179 e. The minimum atomic E-state index is -0.259. The molecule has 154 valence electrons. The number of nitrogens with zero attached hydrogens (tertiary/aromatic N) is 2. The first-order valence-corrected chi connectivity index (χ1v) is 11.0. The van der Waals surface area contributed by atoms with E-state index in [1.165, 1.54) is 11.3 Å². The summed E-state index contributed by atoms with van der Waals surface area (Å²) in [4.78, 5) is 4.60. The Bertz CT molecular complexity index is 1520. The van der Waals surface area contributed by atoms with Crippen molar-refractivity contribution in [2.45, 2.75) is 0 Å². The van der Waals surface area contributed by atoms with E-state index < -0.39 is 0 Å². The van der Waals surface area contributed by atoms with Crippen LogP contribution in [0.15, 0.2) is 88.7 Å². The maximum absolute atomic E-state index is 10.8. The van der Waals surface area contributed by atoms with Crippen molar-refractivity contribution in [2.24, 2.45) is 0 Å². The van der Waals surface area contributed by atoms with Crippen LogP contribution in [0.25, 0.3) is 44.7 Å². The minimum absolute atomic E-state index is 0.0575. The van der Waals surface area contributed by atoms with Gasteiger partial charge in [-0.2, -0.15) is 5.26 Å². The lowest BCUT2D eigenvalue weighted by molar-refractivity contribution is 0.466. The highest BCUT2D eigenvalue weighted by Gasteiger charge is 2.19. The van der Waals surface area contributed by atoms with Crippen LogP contribution in [0.5, 0.6) is 0 Å². The van der Waals surface area contributed by atoms with Gasteiger partial charge >= 0.3 is 0 Å². The average molecular weight is 455 g/mol. The molecule has 0 fully saturated rings. The van der Waals surface area contributed by atoms with Crippen molar-refractivity contribution < 1.29 is 9.52 Å². The van der Waals surface area contributed by atoms with Gasteiger partial charge in [-0.3, -0.25) is 0 Å². The Labute approximate surface area is 193 Å². The normalized spacial score (nSPS) is 11.9. The third kappa shape index (κ3) is 3.67. The molecule has 0 saturated heterocycles. The first-order chi connectivity index (χ1) is 15.6. The number of aromatic nitrogens is 1. The van der Waals surface area contributed by atoms with Crippen LogP contribution in [-0.2, 0) is 0 Å². The number of nitriles is 1. The summed E-state index contributed by atoms with van der Waals surface area (Å²) in [7, 11) is 0. The number of thiazole rings is 1. The van der Waals surface area contributed by atoms with Gasteiger partial charge < -0.3 is 9.52 Å². The number of benzene rings is 3. The van der Waals surface area contributed by atoms with E-state index in [0.717, 1.165) is 22.0 Å². The zero-order chi connectivity index (χ0) is 22.1. The van der Waals surface area contributed by atoms with Crippen LogP contribution < -0.4 is 0 Å². The second-order valence-corrected chi connectivity index (χ2v) is 8.34. The third-order valence-electron chi connectivity index (χ3n) is 5.09. The Hall–Kier alpha value is -3.85. The zero-order valence-electron chi connectivity index (χ0n) is 16.6. The van der Waals surface area contributed by atoms with Crippen molar-refractivity contribution >= 4 is 45.0 Å². The topological polar surface area (TPSA) is 70.0 Å². The molecule has 0 amide bonds. The van der Waals surface area contributed by atoms with E-state index in [9.17, 15) is 10.4 Å². The fourth-order valence-electron chi connectivity index (χ4n) is 3.47. The predicted molar refractivity (Wildman–Crippen MR) is 129 cm³/mol. The third-order valence-corrected chi connectivity index (χ3v) is 6.28. The van der Waals surface area contributed by atoms with Crippen molar-refractivity contribution in [3.8, 4) is 28.7 Å². The number of furan rings is 1. The first-order valence-electron chi connectivity index (χ1n) is 9.77. The molecule has 0 bridgehead atoms. The van der Waals surface area contributed by atoms with Crippen molar-refractivity contribution in [3.05, 3.63) is 100 Å². The average Bonchev–Trinajstić information content (AvgIpc) is 3.50. The van der Waals surface area contributed by atoms with Crippen LogP contribution in [-0.4, -0.2) is 10.1 Å². The van der Waals surface area contributed by atoms with Crippen molar-refractivity contribution in [1.82, 2.24) is 4.98 Å². The Morgan fingerprint density at radius 1 is 0.969 bits per heavy atom. The standard InChI is InChI=1S/C26H15ClN2O2S/c27-21-8-4-3-7-19(21)23-11-12-24(31-23)25(30)20(14-28)26-29-22(15-32-26)18-10-9-16-5-1-2-6-17(16)13-18/h1-13,15,30H. The van der Waals surface area contributed by atoms with Gasteiger partial charge in [0, 0.05) is 16.5 Å². The summed E-state index contributed by atoms with van der Waals surface area (Å²) in [6.45, 7) is 0. The fourth-order valence-corrected chi connectivity index (χ4v) is 4.52. The quantitative estimate of drug-likeness (QED) is 0.222. The van der Waals surface area contributed by atoms with Crippen molar-refractivity contribution in [2.75, 3.05) is 0 Å². The lowest BCUT2D eigenvalue weighted by atomic mass is 10.1. The molecule has 32 heavy (non-hydrogen) atoms. The molecule has 5 aromatic rings. The van der Waals surface area contributed by atoms with Crippen LogP contribution in [0.2, 0.25) is 5.02 Å². The zero-order valence-corrected chi connectivity index (χ0v) is 18.2. The van der Waals surface area contributed by atoms with Gasteiger partial charge in [-0.15, -0.1) is 11.3 Å². The molecule has 0 aliphatic carbocycles. The Morgan fingerprint density at radius 3 is 2.56 bits per heavy atom. The molecule has 1 N–H and O–H groups in total. The van der Waals surface area contributed by atoms with Crippen LogP contribution in [0.3, 0.4) is 0 Å². The summed E-state index contributed by atoms with van der Waals surface area (Å²) in [5.41, 5.74) is 2.45. The van der Waals surface area contributed by atoms with Gasteiger partial charge in [0.25, 0.3) is 0 Å². The predicted octanol–water partition coefficient (Wildman–Crippen LogP) is 7.83. The summed E-state index contributed by atoms with van der Waals surface area (Å²) >= 11 is 7.53. The number of allylic oxidation sites excluding steroid dienone is 1. The van der Waals surface area contributed by atoms with E-state index >= 15 is 0 Å². The van der Waals surface area contributed by atoms with Crippen LogP contribution >= 0.6 is 22.9 Å². The monoisotopic (exact) mass is 454 g/mol. The molecule has 5 rings (SSSR count). The summed E-state index contributed by atoms with van der Waals surface area (Å²) < 4.78 is 5.79. The molecule has 2 heterocycles. The Kier molecular flexibility index (Phi) is 5.24. The van der Waals surface area contributed by atoms with E-state index in [1.54, 1.807) is 18.2 Å². The molecule has 0 atom stereocenters. The molecule has 0 saturated carbocycles. The summed E-state index contributed by atoms with van der Waals surface area (Å²) in [6.07, 6.45) is 0. The number of aliphatic hydroxyl groups excluding tert-OH is 1. The van der Waals surface area contributed by atoms with Gasteiger partial charge in [-0.1, -0.05) is 60.1 Å². The molecule has 6 heteroatoms. The maximum Gasteiger partial charge on any atom is 0.179 e. The number of halogens is 1. The molecule has 0 unspecified atom stereocenters. The molecule has 2 aromatic heterocycles. The van der Waals surface area contributed by atoms with Crippen LogP contribution in [0.1, 0.15) is 10.8 Å². The molecule has 0 aliphatic heterocycles. The number of fused-ring (bicyclic) bond motifs is 1. The Balaban J connectivity index is 1.50. The van der Waals surface area contributed by atoms with Gasteiger partial charge in [0.15, 0.2) is 11.5 Å². The van der Waals surface area contributed by atoms with E-state index in [4.69, 9.17) is 16.0 Å². The maximum atomic E-state index is 10.8. The Morgan fingerprint density at radius 2 is 1.75 bits per heavy atom. The lowest BCUT2D eigenvalue weighted by Crippen LogP contribution is -1.89. The number of hydrogen-bond donors (Lipinski definition) is 1. The van der Waals surface area contributed by atoms with E-state index in [1.807, 2.05) is 53.9 Å². The molecular weight excluding hydrogens is 440 g/mol. The second-order valence-electron chi connectivity index (χ2n) is 7.08. The molecular formula is C26H15ClN2O2S. The highest BCUT2D eigenvalue weighted by Crippen LogP contribution is 2.34. The van der Waals surface area contributed by atoms with Gasteiger partial charge in [-0.05, 0) is 41.1 Å². The lowest BCUT2D eigenvalue weighted by Gasteiger charge is -2.02. The minimum Gasteiger partial charge on any atom is -0.503 e. The van der Waals surface area contributed by atoms with Crippen LogP contribution in [0, 0.1) is 11.3 Å². The number of aliphatic hydroxyl groups is 1. The number of hydrogen-bond acceptors (Lipinski definition) is 5. The first kappa shape index (κ1) is 20.1. The van der Waals surface area contributed by atoms with E-state index in [-0.39, 0.29) is 17.1 Å². The molecule has 0 aliphatic rings. The SMILES string of the molecule is N#CC(=C(O)c1ccc(-c2ccccc2Cl)o1)c1nc(-c2ccc3ccccc3c2)cs1. The van der Waals surface area contributed by atoms with Crippen molar-refractivity contribution in [1.29, 1.82) is 5.26 Å². The van der Waals surface area contributed by atoms with Gasteiger partial charge in [0.05, 0.1) is 10.7 Å². The van der Waals surface area contributed by atoms with Crippen LogP contribution in [0.4, 0.5) is 0 Å². The van der Waals surface area contributed by atoms with Gasteiger partial charge in [0.2, 0.25) is 0 Å². The van der Waals surface area contributed by atoms with Gasteiger partial charge in [-0.25, -0.2) is 4.98 Å². The molecule has 4 nitrogen and oxygen atoms in total. The summed E-state index contributed by atoms with van der Waals surface area (Å²) in [5, 5.41) is 25.6. The molecule has 3 aromatic carbocycles. The van der Waals surface area contributed by atoms with E-state index in [0.29, 0.717) is 21.4 Å². The summed E-state index contributed by atoms with van der Waals surface area (Å²) in [5.74, 6) is 0.426. The van der Waals surface area contributed by atoms with Gasteiger partial charge in [0.1, 0.15) is 22.4 Å². The highest BCUT2D eigenvalue weighted by atomic mass is 35.5. The molecule has 0 spiro atoms. The highest BCUT2D eigenvalue weighted by molar-refractivity contribution is 7.11. The second kappa shape index (κ2) is 8.35. The van der Waals surface area contributed by atoms with E-state index in [2.05, 4.69) is 23.2 Å². The summed E-state index contributed by atoms with van der Waals surface area (Å²) in [6, 6.07) is 26.9. The fraction of sp³-hybridized carbons (Fsp3) is 0. The number of rotatable bonds is 4. The molecule has 0 radical (unpaired) electrons.